The van der Waals surface area contributed by atoms with Crippen LogP contribution in [0.3, 0.4) is 0 Å². The van der Waals surface area contributed by atoms with Gasteiger partial charge in [-0.2, -0.15) is 0 Å². The minimum atomic E-state index is 0.963. The van der Waals surface area contributed by atoms with Crippen LogP contribution in [0.1, 0.15) is 0 Å². The van der Waals surface area contributed by atoms with E-state index in [0.717, 1.165) is 4.90 Å². The van der Waals surface area contributed by atoms with Crippen LogP contribution in [0.25, 0.3) is 0 Å². The summed E-state index contributed by atoms with van der Waals surface area (Å²) in [6.45, 7) is 0. The van der Waals surface area contributed by atoms with E-state index >= 15 is 0 Å². The van der Waals surface area contributed by atoms with Gasteiger partial charge in [-0.05, 0) is 0 Å². The molecule has 0 aliphatic carbocycles. The summed E-state index contributed by atoms with van der Waals surface area (Å²) in [5.74, 6) is 0. The highest BCUT2D eigenvalue weighted by molar-refractivity contribution is 7.69. The summed E-state index contributed by atoms with van der Waals surface area (Å²) >= 11 is 4.77. The maximum absolute atomic E-state index is 4.77. The van der Waals surface area contributed by atoms with Crippen molar-refractivity contribution in [2.45, 2.75) is 4.90 Å². The third kappa shape index (κ3) is 0.864. The molecule has 0 saturated carbocycles. The van der Waals surface area contributed by atoms with Crippen molar-refractivity contribution in [3.63, 3.8) is 0 Å². The van der Waals surface area contributed by atoms with Crippen molar-refractivity contribution in [2.75, 3.05) is 0 Å². The van der Waals surface area contributed by atoms with Gasteiger partial charge in [0.1, 0.15) is 10.3 Å². The van der Waals surface area contributed by atoms with E-state index in [1.807, 2.05) is 10.8 Å². The standard InChI is InChI=1S/C3H2S3/c4-3-1-5-6-2-3/h1-2H. The Hall–Kier alpha value is 0.270. The van der Waals surface area contributed by atoms with Gasteiger partial charge in [0, 0.05) is 5.38 Å². The largest absolute Gasteiger partial charge is 0.774 e. The third-order valence-electron chi connectivity index (χ3n) is 0.384. The summed E-state index contributed by atoms with van der Waals surface area (Å²) in [6.07, 6.45) is 0. The van der Waals surface area contributed by atoms with E-state index in [1.165, 1.54) is 0 Å². The normalized spacial score (nSPS) is 8.67. The van der Waals surface area contributed by atoms with Crippen molar-refractivity contribution in [2.24, 2.45) is 0 Å². The second kappa shape index (κ2) is 1.82. The maximum Gasteiger partial charge on any atom is 0.289 e. The molecule has 0 N–H and O–H groups in total. The lowest BCUT2D eigenvalue weighted by Crippen LogP contribution is -1.46. The predicted molar refractivity (Wildman–Crippen MR) is 32.2 cm³/mol. The highest BCUT2D eigenvalue weighted by Crippen LogP contribution is 2.10. The Morgan fingerprint density at radius 2 is 2.67 bits per heavy atom. The average molecular weight is 134 g/mol. The minimum Gasteiger partial charge on any atom is -0.774 e. The molecule has 0 bridgehead atoms. The molecule has 1 rings (SSSR count). The molecule has 1 aromatic heterocycles. The van der Waals surface area contributed by atoms with E-state index in [0.29, 0.717) is 0 Å². The number of hydrogen-bond acceptors (Lipinski definition) is 2. The van der Waals surface area contributed by atoms with Crippen LogP contribution in [0, 0.1) is 0 Å². The van der Waals surface area contributed by atoms with Crippen molar-refractivity contribution in [3.8, 4) is 0 Å². The maximum atomic E-state index is 4.77. The van der Waals surface area contributed by atoms with E-state index in [1.54, 1.807) is 20.7 Å². The van der Waals surface area contributed by atoms with Crippen molar-refractivity contribution in [3.05, 3.63) is 10.8 Å². The zero-order valence-electron chi connectivity index (χ0n) is 2.88. The summed E-state index contributed by atoms with van der Waals surface area (Å²) in [4.78, 5) is 0.963. The minimum absolute atomic E-state index is 0.963. The van der Waals surface area contributed by atoms with E-state index in [-0.39, 0.29) is 0 Å². The predicted octanol–water partition coefficient (Wildman–Crippen LogP) is 2.00. The first kappa shape index (κ1) is 4.43. The Kier molecular flexibility index (Phi) is 1.34. The topological polar surface area (TPSA) is 0 Å². The fraction of sp³-hybridized carbons (Fsp3) is 0. The van der Waals surface area contributed by atoms with Crippen LogP contribution in [0.15, 0.2) is 15.7 Å². The summed E-state index contributed by atoms with van der Waals surface area (Å²) in [7, 11) is 3.35. The fourth-order valence-corrected chi connectivity index (χ4v) is 2.31. The second-order valence-corrected chi connectivity index (χ2v) is 3.31. The molecule has 0 aliphatic heterocycles. The van der Waals surface area contributed by atoms with E-state index in [4.69, 9.17) is 12.6 Å². The summed E-state index contributed by atoms with van der Waals surface area (Å²) < 4.78 is 0. The molecule has 32 valence electrons. The van der Waals surface area contributed by atoms with Gasteiger partial charge >= 0.3 is 0 Å². The lowest BCUT2D eigenvalue weighted by Gasteiger charge is -1.83. The van der Waals surface area contributed by atoms with E-state index in [2.05, 4.69) is 0 Å². The third-order valence-corrected chi connectivity index (χ3v) is 2.64. The Morgan fingerprint density at radius 3 is 2.83 bits per heavy atom. The number of hydrogen-bond donors (Lipinski definition) is 0. The molecule has 0 aromatic carbocycles. The van der Waals surface area contributed by atoms with Crippen LogP contribution in [0.2, 0.25) is 0 Å². The van der Waals surface area contributed by atoms with Crippen molar-refractivity contribution in [1.82, 2.24) is 0 Å². The van der Waals surface area contributed by atoms with Crippen LogP contribution >= 0.6 is 20.7 Å². The Balaban J connectivity index is 3.05. The summed E-state index contributed by atoms with van der Waals surface area (Å²) in [6, 6.07) is 0. The molecule has 0 nitrogen and oxygen atoms in total. The zero-order chi connectivity index (χ0) is 4.41. The summed E-state index contributed by atoms with van der Waals surface area (Å²) in [5, 5.41) is 3.92. The van der Waals surface area contributed by atoms with E-state index < -0.39 is 0 Å². The summed E-state index contributed by atoms with van der Waals surface area (Å²) in [5.41, 5.74) is 0. The first-order valence-electron chi connectivity index (χ1n) is 1.42. The SMILES string of the molecule is [S-]c1cs[s+]c1. The molecule has 0 saturated heterocycles. The molecule has 0 amide bonds. The molecule has 0 fully saturated rings. The van der Waals surface area contributed by atoms with Gasteiger partial charge < -0.3 is 12.6 Å². The molecule has 0 radical (unpaired) electrons. The van der Waals surface area contributed by atoms with Gasteiger partial charge in [-0.15, -0.1) is 4.90 Å². The Bertz CT molecular complexity index is 110. The van der Waals surface area contributed by atoms with Gasteiger partial charge in [-0.25, -0.2) is 0 Å². The van der Waals surface area contributed by atoms with Gasteiger partial charge in [0.25, 0.3) is 10.3 Å². The lowest BCUT2D eigenvalue weighted by molar-refractivity contribution is 1.66. The average Bonchev–Trinajstić information content (AvgIpc) is 1.86. The molecular weight excluding hydrogens is 132 g/mol. The van der Waals surface area contributed by atoms with Crippen LogP contribution in [-0.4, -0.2) is 0 Å². The van der Waals surface area contributed by atoms with Gasteiger partial charge in [-0.3, -0.25) is 0 Å². The molecule has 0 atom stereocenters. The molecule has 0 unspecified atom stereocenters. The van der Waals surface area contributed by atoms with Crippen LogP contribution in [-0.2, 0) is 12.6 Å². The highest BCUT2D eigenvalue weighted by Gasteiger charge is 1.83. The lowest BCUT2D eigenvalue weighted by atomic mass is 10.8. The van der Waals surface area contributed by atoms with Crippen molar-refractivity contribution in [1.29, 1.82) is 0 Å². The fourth-order valence-electron chi connectivity index (χ4n) is 0.178. The van der Waals surface area contributed by atoms with Crippen LogP contribution in [0.5, 0.6) is 0 Å². The van der Waals surface area contributed by atoms with Gasteiger partial charge in [0.2, 0.25) is 0 Å². The first-order chi connectivity index (χ1) is 2.89. The molecule has 1 aromatic rings. The van der Waals surface area contributed by atoms with E-state index in [9.17, 15) is 0 Å². The monoisotopic (exact) mass is 134 g/mol. The molecule has 6 heavy (non-hydrogen) atoms. The molecule has 3 heteroatoms. The van der Waals surface area contributed by atoms with Crippen molar-refractivity contribution < 1.29 is 0 Å². The van der Waals surface area contributed by atoms with Crippen molar-refractivity contribution >= 4 is 33.3 Å². The van der Waals surface area contributed by atoms with Crippen LogP contribution < -0.4 is 0 Å². The Morgan fingerprint density at radius 1 is 1.83 bits per heavy atom. The molecule has 0 aliphatic rings. The molecular formula is C3H2S3. The smallest absolute Gasteiger partial charge is 0.289 e. The van der Waals surface area contributed by atoms with Gasteiger partial charge in [0.05, 0.1) is 0 Å². The highest BCUT2D eigenvalue weighted by atomic mass is 32.9. The Labute approximate surface area is 49.3 Å². The molecule has 0 spiro atoms. The first-order valence-corrected chi connectivity index (χ1v) is 4.10. The van der Waals surface area contributed by atoms with Gasteiger partial charge in [0.15, 0.2) is 5.38 Å². The zero-order valence-corrected chi connectivity index (χ0v) is 5.33. The van der Waals surface area contributed by atoms with Gasteiger partial charge in [-0.1, -0.05) is 0 Å². The van der Waals surface area contributed by atoms with Crippen LogP contribution in [0.4, 0.5) is 0 Å². The number of rotatable bonds is 0. The second-order valence-electron chi connectivity index (χ2n) is 0.831. The quantitative estimate of drug-likeness (QED) is 0.297. The molecule has 1 heterocycles.